The first-order valence-electron chi connectivity index (χ1n) is 14.1. The van der Waals surface area contributed by atoms with Crippen molar-refractivity contribution in [2.45, 2.75) is 50.7 Å². The highest BCUT2D eigenvalue weighted by Crippen LogP contribution is 2.29. The zero-order valence-electron chi connectivity index (χ0n) is 24.6. The predicted molar refractivity (Wildman–Crippen MR) is 172 cm³/mol. The number of carbonyl (C=O) groups excluding carboxylic acids is 1. The van der Waals surface area contributed by atoms with Gasteiger partial charge in [-0.05, 0) is 78.9 Å². The van der Waals surface area contributed by atoms with Crippen LogP contribution in [0.1, 0.15) is 58.6 Å². The summed E-state index contributed by atoms with van der Waals surface area (Å²) in [6, 6.07) is 18.3. The van der Waals surface area contributed by atoms with Crippen LogP contribution in [-0.2, 0) is 29.5 Å². The number of nitrogens with one attached hydrogen (secondary N) is 2. The molecular formula is C31H31ClN6O5S2. The highest BCUT2D eigenvalue weighted by atomic mass is 35.5. The summed E-state index contributed by atoms with van der Waals surface area (Å²) in [5.74, 6) is 1.19. The zero-order valence-corrected chi connectivity index (χ0v) is 27.0. The number of ether oxygens (including phenoxy) is 2. The van der Waals surface area contributed by atoms with Gasteiger partial charge in [0.05, 0.1) is 22.0 Å². The van der Waals surface area contributed by atoms with Crippen LogP contribution in [0.3, 0.4) is 0 Å². The molecule has 0 atom stereocenters. The molecule has 0 saturated heterocycles. The van der Waals surface area contributed by atoms with E-state index in [1.54, 1.807) is 48.5 Å². The number of H-pyrrole nitrogens is 1. The van der Waals surface area contributed by atoms with E-state index >= 15 is 0 Å². The van der Waals surface area contributed by atoms with Gasteiger partial charge in [0.25, 0.3) is 5.91 Å². The number of halogens is 1. The smallest absolute Gasteiger partial charge is 0.255 e. The molecule has 0 fully saturated rings. The predicted octanol–water partition coefficient (Wildman–Crippen LogP) is 6.25. The van der Waals surface area contributed by atoms with Crippen LogP contribution in [0.15, 0.2) is 77.0 Å². The van der Waals surface area contributed by atoms with Gasteiger partial charge in [0.1, 0.15) is 23.1 Å². The number of sulfone groups is 1. The minimum atomic E-state index is -3.47. The Morgan fingerprint density at radius 1 is 1.04 bits per heavy atom. The largest absolute Gasteiger partial charge is 0.486 e. The average Bonchev–Trinajstić information content (AvgIpc) is 3.73. The summed E-state index contributed by atoms with van der Waals surface area (Å²) in [4.78, 5) is 18.2. The van der Waals surface area contributed by atoms with Gasteiger partial charge in [-0.15, -0.1) is 21.5 Å². The van der Waals surface area contributed by atoms with Crippen molar-refractivity contribution in [3.8, 4) is 11.5 Å². The molecule has 3 aromatic carbocycles. The maximum Gasteiger partial charge on any atom is 0.255 e. The second-order valence-electron chi connectivity index (χ2n) is 10.4. The first-order chi connectivity index (χ1) is 21.7. The number of thiazole rings is 1. The Kier molecular flexibility index (Phi) is 10.4. The molecule has 0 spiro atoms. The lowest BCUT2D eigenvalue weighted by Crippen LogP contribution is -2.14. The molecule has 0 aliphatic carbocycles. The number of hydrogen-bond donors (Lipinski definition) is 2. The summed E-state index contributed by atoms with van der Waals surface area (Å²) in [6.07, 6.45) is 0.831. The summed E-state index contributed by atoms with van der Waals surface area (Å²) >= 11 is 7.44. The van der Waals surface area contributed by atoms with Gasteiger partial charge in [0.2, 0.25) is 5.82 Å². The molecule has 0 radical (unpaired) electrons. The summed E-state index contributed by atoms with van der Waals surface area (Å²) in [6.45, 7) is 4.50. The fraction of sp³-hybridized carbons (Fsp3) is 0.258. The highest BCUT2D eigenvalue weighted by molar-refractivity contribution is 7.91. The molecule has 0 unspecified atom stereocenters. The topological polar surface area (TPSA) is 149 Å². The molecule has 234 valence electrons. The van der Waals surface area contributed by atoms with Crippen LogP contribution in [0.4, 0.5) is 5.69 Å². The number of carbonyl (C=O) groups is 1. The second-order valence-corrected chi connectivity index (χ2v) is 13.9. The van der Waals surface area contributed by atoms with E-state index < -0.39 is 9.84 Å². The van der Waals surface area contributed by atoms with Gasteiger partial charge in [0.15, 0.2) is 16.4 Å². The molecule has 14 heteroatoms. The lowest BCUT2D eigenvalue weighted by molar-refractivity contribution is 0.102. The Labute approximate surface area is 269 Å². The highest BCUT2D eigenvalue weighted by Gasteiger charge is 2.16. The molecule has 11 nitrogen and oxygen atoms in total. The first kappa shape index (κ1) is 32.1. The molecule has 0 saturated carbocycles. The molecule has 5 aromatic rings. The molecular weight excluding hydrogens is 636 g/mol. The Bertz CT molecular complexity index is 1840. The van der Waals surface area contributed by atoms with Crippen molar-refractivity contribution in [1.29, 1.82) is 0 Å². The van der Waals surface area contributed by atoms with Crippen molar-refractivity contribution < 1.29 is 22.7 Å². The van der Waals surface area contributed by atoms with Crippen molar-refractivity contribution >= 4 is 44.4 Å². The number of aromatic nitrogens is 5. The zero-order chi connectivity index (χ0) is 31.8. The number of nitrogens with zero attached hydrogens (tertiary/aromatic N) is 4. The van der Waals surface area contributed by atoms with Crippen molar-refractivity contribution in [2.24, 2.45) is 0 Å². The number of benzene rings is 3. The monoisotopic (exact) mass is 666 g/mol. The van der Waals surface area contributed by atoms with Gasteiger partial charge in [-0.25, -0.2) is 13.4 Å². The Hall–Kier alpha value is -4.33. The fourth-order valence-electron chi connectivity index (χ4n) is 4.29. The summed E-state index contributed by atoms with van der Waals surface area (Å²) in [5.41, 5.74) is 2.65. The Balaban J connectivity index is 1.27. The molecule has 2 heterocycles. The van der Waals surface area contributed by atoms with E-state index in [4.69, 9.17) is 21.1 Å². The third-order valence-corrected chi connectivity index (χ3v) is 9.62. The maximum absolute atomic E-state index is 13.4. The van der Waals surface area contributed by atoms with E-state index in [1.165, 1.54) is 23.5 Å². The van der Waals surface area contributed by atoms with Gasteiger partial charge < -0.3 is 14.8 Å². The number of amides is 1. The number of anilines is 1. The third-order valence-electron chi connectivity index (χ3n) is 6.71. The fourth-order valence-corrected chi connectivity index (χ4v) is 6.60. The molecule has 0 aliphatic rings. The summed E-state index contributed by atoms with van der Waals surface area (Å²) < 4.78 is 37.4. The first-order valence-corrected chi connectivity index (χ1v) is 17.0. The third kappa shape index (κ3) is 8.87. The van der Waals surface area contributed by atoms with Gasteiger partial charge in [0, 0.05) is 16.0 Å². The molecule has 2 aromatic heterocycles. The molecule has 2 N–H and O–H groups in total. The average molecular weight is 667 g/mol. The molecule has 5 rings (SSSR count). The van der Waals surface area contributed by atoms with E-state index in [0.717, 1.165) is 16.3 Å². The molecule has 0 aliphatic heterocycles. The lowest BCUT2D eigenvalue weighted by atomic mass is 10.1. The lowest BCUT2D eigenvalue weighted by Gasteiger charge is -2.14. The standard InChI is InChI=1S/C31H31ClN6O5S2/c1-20(2)27-19-44-30(33-27)18-42-24-7-3-6-22(16-24)31(39)34-26-15-21(8-13-28(26)43-17-29-35-37-38-36-29)5-4-14-45(40,41)25-11-9-23(32)10-12-25/h3,6-13,15-16,19-20H,4-5,14,17-18H2,1-2H3,(H,34,39)(H,35,36,37,38). The SMILES string of the molecule is CC(C)c1csc(COc2cccc(C(=O)Nc3cc(CCCS(=O)(=O)c4ccc(Cl)cc4)ccc3OCc3nn[nH]n3)c2)n1. The maximum atomic E-state index is 13.4. The number of aryl methyl sites for hydroxylation is 1. The van der Waals surface area contributed by atoms with E-state index in [0.29, 0.717) is 59.0 Å². The van der Waals surface area contributed by atoms with Gasteiger partial charge >= 0.3 is 0 Å². The number of hydrogen-bond acceptors (Lipinski definition) is 10. The summed E-state index contributed by atoms with van der Waals surface area (Å²) in [7, 11) is -3.47. The van der Waals surface area contributed by atoms with E-state index in [9.17, 15) is 13.2 Å². The molecule has 45 heavy (non-hydrogen) atoms. The Morgan fingerprint density at radius 3 is 2.60 bits per heavy atom. The van der Waals surface area contributed by atoms with E-state index in [1.807, 2.05) is 11.4 Å². The molecule has 0 bridgehead atoms. The van der Waals surface area contributed by atoms with Gasteiger partial charge in [-0.1, -0.05) is 42.8 Å². The quantitative estimate of drug-likeness (QED) is 0.140. The van der Waals surface area contributed by atoms with Crippen molar-refractivity contribution in [1.82, 2.24) is 25.6 Å². The molecule has 1 amide bonds. The second kappa shape index (κ2) is 14.6. The normalized spacial score (nSPS) is 11.5. The van der Waals surface area contributed by atoms with Crippen LogP contribution in [0, 0.1) is 0 Å². The van der Waals surface area contributed by atoms with E-state index in [2.05, 4.69) is 44.8 Å². The van der Waals surface area contributed by atoms with Crippen LogP contribution in [0.25, 0.3) is 0 Å². The number of aromatic amines is 1. The minimum absolute atomic E-state index is 0.0245. The van der Waals surface area contributed by atoms with Crippen LogP contribution in [-0.4, -0.2) is 45.7 Å². The van der Waals surface area contributed by atoms with Crippen molar-refractivity contribution in [2.75, 3.05) is 11.1 Å². The minimum Gasteiger partial charge on any atom is -0.486 e. The van der Waals surface area contributed by atoms with Crippen molar-refractivity contribution in [3.63, 3.8) is 0 Å². The number of tetrazole rings is 1. The van der Waals surface area contributed by atoms with Gasteiger partial charge in [-0.3, -0.25) is 4.79 Å². The Morgan fingerprint density at radius 2 is 1.87 bits per heavy atom. The van der Waals surface area contributed by atoms with E-state index in [-0.39, 0.29) is 23.2 Å². The van der Waals surface area contributed by atoms with Crippen molar-refractivity contribution in [3.05, 3.63) is 105 Å². The summed E-state index contributed by atoms with van der Waals surface area (Å²) in [5, 5.41) is 20.0. The van der Waals surface area contributed by atoms with Crippen LogP contribution in [0.5, 0.6) is 11.5 Å². The van der Waals surface area contributed by atoms with Crippen LogP contribution in [0.2, 0.25) is 5.02 Å². The number of rotatable bonds is 14. The van der Waals surface area contributed by atoms with Crippen LogP contribution >= 0.6 is 22.9 Å². The van der Waals surface area contributed by atoms with Gasteiger partial charge in [-0.2, -0.15) is 5.21 Å². The van der Waals surface area contributed by atoms with Crippen LogP contribution < -0.4 is 14.8 Å².